The first-order chi connectivity index (χ1) is 7.97. The Kier molecular flexibility index (Phi) is 3.15. The molecule has 0 aliphatic carbocycles. The van der Waals surface area contributed by atoms with Gasteiger partial charge in [-0.15, -0.1) is 0 Å². The van der Waals surface area contributed by atoms with Gasteiger partial charge in [-0.25, -0.2) is 4.39 Å². The largest absolute Gasteiger partial charge is 0.398 e. The zero-order valence-corrected chi connectivity index (χ0v) is 11.0. The fourth-order valence-corrected chi connectivity index (χ4v) is 2.39. The van der Waals surface area contributed by atoms with E-state index in [-0.39, 0.29) is 10.0 Å². The Morgan fingerprint density at radius 3 is 2.65 bits per heavy atom. The summed E-state index contributed by atoms with van der Waals surface area (Å²) < 4.78 is 13.6. The van der Waals surface area contributed by atoms with E-state index < -0.39 is 5.82 Å². The normalized spacial score (nSPS) is 11.1. The molecule has 0 fully saturated rings. The summed E-state index contributed by atoms with van der Waals surface area (Å²) in [5.41, 5.74) is 8.68. The van der Waals surface area contributed by atoms with E-state index in [1.807, 2.05) is 13.8 Å². The smallest absolute Gasteiger partial charge is 0.161 e. The molecule has 0 unspecified atom stereocenters. The molecule has 0 saturated heterocycles. The van der Waals surface area contributed by atoms with Crippen molar-refractivity contribution in [3.05, 3.63) is 33.2 Å². The van der Waals surface area contributed by atoms with Crippen LogP contribution in [0.15, 0.2) is 6.07 Å². The highest BCUT2D eigenvalue weighted by atomic mass is 35.5. The molecule has 0 atom stereocenters. The van der Waals surface area contributed by atoms with Crippen LogP contribution in [0.2, 0.25) is 10.0 Å². The molecule has 0 radical (unpaired) electrons. The van der Waals surface area contributed by atoms with Gasteiger partial charge in [0, 0.05) is 16.8 Å². The van der Waals surface area contributed by atoms with E-state index in [1.165, 1.54) is 6.07 Å². The van der Waals surface area contributed by atoms with Crippen molar-refractivity contribution < 1.29 is 4.39 Å². The number of nitrogens with zero attached hydrogens (tertiary/aromatic N) is 1. The number of hydrogen-bond acceptors (Lipinski definition) is 2. The predicted octanol–water partition coefficient (Wildman–Crippen LogP) is 4.13. The number of anilines is 1. The van der Waals surface area contributed by atoms with E-state index >= 15 is 0 Å². The van der Waals surface area contributed by atoms with E-state index in [0.29, 0.717) is 16.6 Å². The number of nitrogen functional groups attached to an aromatic ring is 1. The molecule has 2 rings (SSSR count). The Labute approximate surface area is 109 Å². The Hall–Kier alpha value is -1.06. The number of aromatic nitrogens is 1. The maximum absolute atomic E-state index is 13.6. The lowest BCUT2D eigenvalue weighted by molar-refractivity contribution is 0.630. The van der Waals surface area contributed by atoms with Crippen LogP contribution in [0.25, 0.3) is 10.9 Å². The molecule has 0 saturated carbocycles. The molecule has 17 heavy (non-hydrogen) atoms. The van der Waals surface area contributed by atoms with Crippen molar-refractivity contribution in [1.29, 1.82) is 0 Å². The standard InChI is InChI=1S/C12H11Cl2FN2/c1-3-7-5(2)12(16)9-8(17-7)4-6(13)11(15)10(9)14/h4H,3H2,1-2H3,(H2,16,17). The fourth-order valence-electron chi connectivity index (χ4n) is 1.84. The molecule has 2 nitrogen and oxygen atoms in total. The number of pyridine rings is 1. The van der Waals surface area contributed by atoms with Crippen LogP contribution in [0, 0.1) is 12.7 Å². The minimum Gasteiger partial charge on any atom is -0.398 e. The quantitative estimate of drug-likeness (QED) is 0.793. The first kappa shape index (κ1) is 12.4. The number of benzene rings is 1. The predicted molar refractivity (Wildman–Crippen MR) is 70.2 cm³/mol. The van der Waals surface area contributed by atoms with Crippen LogP contribution in [-0.2, 0) is 6.42 Å². The van der Waals surface area contributed by atoms with Gasteiger partial charge in [-0.3, -0.25) is 4.98 Å². The average molecular weight is 273 g/mol. The van der Waals surface area contributed by atoms with Gasteiger partial charge in [0.25, 0.3) is 0 Å². The summed E-state index contributed by atoms with van der Waals surface area (Å²) in [4.78, 5) is 4.40. The number of rotatable bonds is 1. The number of fused-ring (bicyclic) bond motifs is 1. The van der Waals surface area contributed by atoms with Gasteiger partial charge < -0.3 is 5.73 Å². The zero-order valence-electron chi connectivity index (χ0n) is 9.44. The SMILES string of the molecule is CCc1nc2cc(Cl)c(F)c(Cl)c2c(N)c1C. The van der Waals surface area contributed by atoms with Crippen molar-refractivity contribution in [3.63, 3.8) is 0 Å². The lowest BCUT2D eigenvalue weighted by Crippen LogP contribution is -2.01. The second-order valence-electron chi connectivity index (χ2n) is 3.83. The van der Waals surface area contributed by atoms with Gasteiger partial charge >= 0.3 is 0 Å². The summed E-state index contributed by atoms with van der Waals surface area (Å²) >= 11 is 11.7. The van der Waals surface area contributed by atoms with Gasteiger partial charge in [0.15, 0.2) is 5.82 Å². The number of aryl methyl sites for hydroxylation is 1. The third-order valence-corrected chi connectivity index (χ3v) is 3.47. The minimum atomic E-state index is -0.655. The molecular weight excluding hydrogens is 262 g/mol. The summed E-state index contributed by atoms with van der Waals surface area (Å²) in [6.07, 6.45) is 0.749. The lowest BCUT2D eigenvalue weighted by atomic mass is 10.1. The molecule has 1 aromatic carbocycles. The van der Waals surface area contributed by atoms with Crippen LogP contribution >= 0.6 is 23.2 Å². The minimum absolute atomic E-state index is 0.0414. The van der Waals surface area contributed by atoms with Crippen LogP contribution in [0.4, 0.5) is 10.1 Å². The number of halogens is 3. The van der Waals surface area contributed by atoms with Gasteiger partial charge in [0.2, 0.25) is 0 Å². The maximum atomic E-state index is 13.6. The second kappa shape index (κ2) is 4.31. The number of nitrogens with two attached hydrogens (primary N) is 1. The molecule has 2 aromatic rings. The molecule has 0 spiro atoms. The van der Waals surface area contributed by atoms with Crippen LogP contribution in [0.5, 0.6) is 0 Å². The van der Waals surface area contributed by atoms with Crippen molar-refractivity contribution in [1.82, 2.24) is 4.98 Å². The first-order valence-corrected chi connectivity index (χ1v) is 5.95. The average Bonchev–Trinajstić information content (AvgIpc) is 2.30. The van der Waals surface area contributed by atoms with E-state index in [0.717, 1.165) is 17.7 Å². The van der Waals surface area contributed by atoms with Crippen molar-refractivity contribution in [2.45, 2.75) is 20.3 Å². The molecule has 1 heterocycles. The first-order valence-electron chi connectivity index (χ1n) is 5.19. The van der Waals surface area contributed by atoms with E-state index in [9.17, 15) is 4.39 Å². The van der Waals surface area contributed by atoms with Gasteiger partial charge in [-0.1, -0.05) is 30.1 Å². The highest BCUT2D eigenvalue weighted by Gasteiger charge is 2.16. The zero-order chi connectivity index (χ0) is 12.7. The van der Waals surface area contributed by atoms with Crippen LogP contribution < -0.4 is 5.73 Å². The molecule has 2 N–H and O–H groups in total. The highest BCUT2D eigenvalue weighted by molar-refractivity contribution is 6.39. The van der Waals surface area contributed by atoms with Crippen LogP contribution in [-0.4, -0.2) is 4.98 Å². The second-order valence-corrected chi connectivity index (χ2v) is 4.62. The Morgan fingerprint density at radius 2 is 2.06 bits per heavy atom. The van der Waals surface area contributed by atoms with Crippen molar-refractivity contribution in [2.75, 3.05) is 5.73 Å². The Morgan fingerprint density at radius 1 is 1.41 bits per heavy atom. The Bertz CT molecular complexity index is 611. The summed E-state index contributed by atoms with van der Waals surface area (Å²) in [7, 11) is 0. The summed E-state index contributed by atoms with van der Waals surface area (Å²) in [5, 5.41) is 0.326. The molecule has 0 aliphatic heterocycles. The molecule has 0 amide bonds. The van der Waals surface area contributed by atoms with Crippen LogP contribution in [0.3, 0.4) is 0 Å². The van der Waals surface area contributed by atoms with Gasteiger partial charge in [0.1, 0.15) is 0 Å². The molecule has 5 heteroatoms. The van der Waals surface area contributed by atoms with Gasteiger partial charge in [-0.05, 0) is 25.0 Å². The maximum Gasteiger partial charge on any atom is 0.161 e. The highest BCUT2D eigenvalue weighted by Crippen LogP contribution is 2.36. The molecule has 1 aromatic heterocycles. The third kappa shape index (κ3) is 1.83. The van der Waals surface area contributed by atoms with Crippen molar-refractivity contribution >= 4 is 39.8 Å². The lowest BCUT2D eigenvalue weighted by Gasteiger charge is -2.12. The molecule has 0 bridgehead atoms. The van der Waals surface area contributed by atoms with E-state index in [1.54, 1.807) is 0 Å². The summed E-state index contributed by atoms with van der Waals surface area (Å²) in [6, 6.07) is 1.45. The molecule has 90 valence electrons. The number of hydrogen-bond donors (Lipinski definition) is 1. The van der Waals surface area contributed by atoms with Crippen molar-refractivity contribution in [2.24, 2.45) is 0 Å². The van der Waals surface area contributed by atoms with Gasteiger partial charge in [-0.2, -0.15) is 0 Å². The van der Waals surface area contributed by atoms with Crippen molar-refractivity contribution in [3.8, 4) is 0 Å². The van der Waals surface area contributed by atoms with Gasteiger partial charge in [0.05, 0.1) is 15.6 Å². The van der Waals surface area contributed by atoms with Crippen LogP contribution in [0.1, 0.15) is 18.2 Å². The van der Waals surface area contributed by atoms with E-state index in [4.69, 9.17) is 28.9 Å². The summed E-state index contributed by atoms with van der Waals surface area (Å²) in [5.74, 6) is -0.655. The monoisotopic (exact) mass is 272 g/mol. The topological polar surface area (TPSA) is 38.9 Å². The summed E-state index contributed by atoms with van der Waals surface area (Å²) in [6.45, 7) is 3.83. The van der Waals surface area contributed by atoms with E-state index in [2.05, 4.69) is 4.98 Å². The fraction of sp³-hybridized carbons (Fsp3) is 0.250. The third-order valence-electron chi connectivity index (χ3n) is 2.84. The molecular formula is C12H11Cl2FN2. The Balaban J connectivity index is 2.97. The molecule has 0 aliphatic rings.